The summed E-state index contributed by atoms with van der Waals surface area (Å²) in [5.41, 5.74) is 0.640. The molecule has 0 aromatic heterocycles. The molecule has 3 nitrogen and oxygen atoms in total. The van der Waals surface area contributed by atoms with Gasteiger partial charge in [0.15, 0.2) is 0 Å². The Hall–Kier alpha value is -0.870. The van der Waals surface area contributed by atoms with Crippen LogP contribution in [0.4, 0.5) is 0 Å². The summed E-state index contributed by atoms with van der Waals surface area (Å²) in [6.45, 7) is 4.30. The van der Waals surface area contributed by atoms with E-state index in [2.05, 4.69) is 33.0 Å². The van der Waals surface area contributed by atoms with Gasteiger partial charge in [-0.05, 0) is 44.0 Å². The summed E-state index contributed by atoms with van der Waals surface area (Å²) in [7, 11) is 0. The van der Waals surface area contributed by atoms with E-state index in [1.54, 1.807) is 0 Å². The molecule has 0 saturated carbocycles. The maximum atomic E-state index is 11.3. The van der Waals surface area contributed by atoms with Gasteiger partial charge < -0.3 is 5.11 Å². The molecule has 0 radical (unpaired) electrons. The highest BCUT2D eigenvalue weighted by molar-refractivity contribution is 9.10. The second-order valence-electron chi connectivity index (χ2n) is 5.31. The summed E-state index contributed by atoms with van der Waals surface area (Å²) >= 11 is 3.42. The Kier molecular flexibility index (Phi) is 4.07. The van der Waals surface area contributed by atoms with Crippen LogP contribution in [0, 0.1) is 5.41 Å². The van der Waals surface area contributed by atoms with Crippen molar-refractivity contribution in [3.05, 3.63) is 34.3 Å². The quantitative estimate of drug-likeness (QED) is 0.932. The van der Waals surface area contributed by atoms with Gasteiger partial charge in [0.25, 0.3) is 0 Å². The number of hydrogen-bond acceptors (Lipinski definition) is 2. The van der Waals surface area contributed by atoms with Crippen LogP contribution in [0.1, 0.15) is 25.3 Å². The van der Waals surface area contributed by atoms with E-state index in [1.807, 2.05) is 19.1 Å². The Morgan fingerprint density at radius 3 is 2.72 bits per heavy atom. The van der Waals surface area contributed by atoms with Crippen molar-refractivity contribution in [2.45, 2.75) is 26.3 Å². The number of aliphatic carboxylic acids is 1. The van der Waals surface area contributed by atoms with Gasteiger partial charge in [-0.1, -0.05) is 28.1 Å². The summed E-state index contributed by atoms with van der Waals surface area (Å²) in [4.78, 5) is 13.5. The molecule has 1 aliphatic heterocycles. The molecule has 1 heterocycles. The second kappa shape index (κ2) is 5.41. The average molecular weight is 312 g/mol. The Balaban J connectivity index is 2.02. The number of rotatable bonds is 3. The lowest BCUT2D eigenvalue weighted by Gasteiger charge is -2.37. The smallest absolute Gasteiger partial charge is 0.310 e. The molecule has 1 unspecified atom stereocenters. The van der Waals surface area contributed by atoms with Crippen LogP contribution in [0.15, 0.2) is 28.7 Å². The maximum absolute atomic E-state index is 11.3. The van der Waals surface area contributed by atoms with Gasteiger partial charge in [-0.15, -0.1) is 0 Å². The van der Waals surface area contributed by atoms with Crippen LogP contribution in [0.2, 0.25) is 0 Å². The van der Waals surface area contributed by atoms with Crippen molar-refractivity contribution < 1.29 is 9.90 Å². The zero-order valence-corrected chi connectivity index (χ0v) is 12.1. The molecule has 0 bridgehead atoms. The van der Waals surface area contributed by atoms with Crippen molar-refractivity contribution in [2.24, 2.45) is 5.41 Å². The van der Waals surface area contributed by atoms with Crippen molar-refractivity contribution >= 4 is 21.9 Å². The summed E-state index contributed by atoms with van der Waals surface area (Å²) < 4.78 is 1.07. The number of carboxylic acids is 1. The third kappa shape index (κ3) is 3.12. The molecule has 1 aromatic carbocycles. The van der Waals surface area contributed by atoms with Crippen LogP contribution >= 0.6 is 15.9 Å². The third-order valence-corrected chi connectivity index (χ3v) is 4.14. The van der Waals surface area contributed by atoms with Crippen LogP contribution in [0.25, 0.3) is 0 Å². The number of piperidine rings is 1. The van der Waals surface area contributed by atoms with Gasteiger partial charge in [0.1, 0.15) is 0 Å². The Bertz CT molecular complexity index is 432. The molecule has 0 amide bonds. The minimum absolute atomic E-state index is 0.590. The lowest BCUT2D eigenvalue weighted by Crippen LogP contribution is -2.45. The molecule has 18 heavy (non-hydrogen) atoms. The topological polar surface area (TPSA) is 40.5 Å². The molecule has 1 aliphatic rings. The van der Waals surface area contributed by atoms with Crippen molar-refractivity contribution in [3.8, 4) is 0 Å². The number of nitrogens with zero attached hydrogens (tertiary/aromatic N) is 1. The normalized spacial score (nSPS) is 25.0. The lowest BCUT2D eigenvalue weighted by molar-refractivity contribution is -0.151. The minimum atomic E-state index is -0.678. The minimum Gasteiger partial charge on any atom is -0.481 e. The lowest BCUT2D eigenvalue weighted by atomic mass is 9.82. The molecule has 1 saturated heterocycles. The standard InChI is InChI=1S/C14H18BrNO2/c1-14(13(17)18)7-2-8-16(10-14)9-11-3-5-12(15)6-4-11/h3-6H,2,7-10H2,1H3,(H,17,18). The van der Waals surface area contributed by atoms with Crippen molar-refractivity contribution in [3.63, 3.8) is 0 Å². The molecule has 98 valence electrons. The summed E-state index contributed by atoms with van der Waals surface area (Å²) in [6.07, 6.45) is 1.73. The van der Waals surface area contributed by atoms with Gasteiger partial charge in [-0.3, -0.25) is 9.69 Å². The molecule has 1 N–H and O–H groups in total. The van der Waals surface area contributed by atoms with Gasteiger partial charge >= 0.3 is 5.97 Å². The predicted octanol–water partition coefficient (Wildman–Crippen LogP) is 3.14. The Labute approximate surface area is 116 Å². The number of hydrogen-bond donors (Lipinski definition) is 1. The van der Waals surface area contributed by atoms with E-state index in [4.69, 9.17) is 0 Å². The van der Waals surface area contributed by atoms with Gasteiger partial charge in [0.2, 0.25) is 0 Å². The number of carboxylic acid groups (broad SMARTS) is 1. The van der Waals surface area contributed by atoms with Gasteiger partial charge in [0.05, 0.1) is 5.41 Å². The molecule has 2 rings (SSSR count). The fourth-order valence-electron chi connectivity index (χ4n) is 2.50. The fraction of sp³-hybridized carbons (Fsp3) is 0.500. The number of carbonyl (C=O) groups is 1. The van der Waals surface area contributed by atoms with Gasteiger partial charge in [-0.2, -0.15) is 0 Å². The van der Waals surface area contributed by atoms with Crippen LogP contribution in [-0.4, -0.2) is 29.1 Å². The summed E-state index contributed by atoms with van der Waals surface area (Å²) in [5, 5.41) is 9.28. The zero-order chi connectivity index (χ0) is 13.2. The molecule has 4 heteroatoms. The highest BCUT2D eigenvalue weighted by atomic mass is 79.9. The molecule has 1 atom stereocenters. The van der Waals surface area contributed by atoms with E-state index in [0.29, 0.717) is 6.54 Å². The SMILES string of the molecule is CC1(C(=O)O)CCCN(Cc2ccc(Br)cc2)C1. The number of likely N-dealkylation sites (tertiary alicyclic amines) is 1. The second-order valence-corrected chi connectivity index (χ2v) is 6.22. The van der Waals surface area contributed by atoms with Crippen LogP contribution < -0.4 is 0 Å². The van der Waals surface area contributed by atoms with Gasteiger partial charge in [-0.25, -0.2) is 0 Å². The zero-order valence-electron chi connectivity index (χ0n) is 10.5. The van der Waals surface area contributed by atoms with Crippen molar-refractivity contribution in [1.82, 2.24) is 4.90 Å². The van der Waals surface area contributed by atoms with Crippen molar-refractivity contribution in [1.29, 1.82) is 0 Å². The molecule has 1 aromatic rings. The van der Waals surface area contributed by atoms with Crippen LogP contribution in [0.3, 0.4) is 0 Å². The fourth-order valence-corrected chi connectivity index (χ4v) is 2.77. The first-order valence-corrected chi connectivity index (χ1v) is 6.99. The average Bonchev–Trinajstić information content (AvgIpc) is 2.32. The Morgan fingerprint density at radius 2 is 2.11 bits per heavy atom. The molecular formula is C14H18BrNO2. The van der Waals surface area contributed by atoms with E-state index in [9.17, 15) is 9.90 Å². The van der Waals surface area contributed by atoms with Crippen LogP contribution in [0.5, 0.6) is 0 Å². The maximum Gasteiger partial charge on any atom is 0.310 e. The van der Waals surface area contributed by atoms with E-state index < -0.39 is 11.4 Å². The van der Waals surface area contributed by atoms with E-state index in [0.717, 1.165) is 30.4 Å². The highest BCUT2D eigenvalue weighted by Crippen LogP contribution is 2.30. The molecule has 1 fully saturated rings. The molecule has 0 spiro atoms. The van der Waals surface area contributed by atoms with Gasteiger partial charge in [0, 0.05) is 17.6 Å². The monoisotopic (exact) mass is 311 g/mol. The first-order valence-electron chi connectivity index (χ1n) is 6.20. The largest absolute Gasteiger partial charge is 0.481 e. The first kappa shape index (κ1) is 13.6. The Morgan fingerprint density at radius 1 is 1.44 bits per heavy atom. The predicted molar refractivity (Wildman–Crippen MR) is 74.4 cm³/mol. The summed E-state index contributed by atoms with van der Waals surface area (Å²) in [5.74, 6) is -0.678. The van der Waals surface area contributed by atoms with E-state index in [1.165, 1.54) is 5.56 Å². The highest BCUT2D eigenvalue weighted by Gasteiger charge is 2.37. The first-order chi connectivity index (χ1) is 8.49. The third-order valence-electron chi connectivity index (χ3n) is 3.61. The number of benzene rings is 1. The summed E-state index contributed by atoms with van der Waals surface area (Å²) in [6, 6.07) is 8.21. The van der Waals surface area contributed by atoms with E-state index in [-0.39, 0.29) is 0 Å². The van der Waals surface area contributed by atoms with Crippen LogP contribution in [-0.2, 0) is 11.3 Å². The molecular weight excluding hydrogens is 294 g/mol. The number of halogens is 1. The van der Waals surface area contributed by atoms with E-state index >= 15 is 0 Å². The molecule has 0 aliphatic carbocycles. The van der Waals surface area contributed by atoms with Crippen molar-refractivity contribution in [2.75, 3.05) is 13.1 Å².